The zero-order valence-corrected chi connectivity index (χ0v) is 4.39. The number of rotatable bonds is 0. The molecule has 0 aliphatic carbocycles. The zero-order valence-electron chi connectivity index (χ0n) is 4.39. The van der Waals surface area contributed by atoms with Gasteiger partial charge < -0.3 is 5.11 Å². The zero-order chi connectivity index (χ0) is 6.12. The molecule has 2 nitrogen and oxygen atoms in total. The van der Waals surface area contributed by atoms with Gasteiger partial charge in [0.05, 0.1) is 6.07 Å². The van der Waals surface area contributed by atoms with Crippen molar-refractivity contribution in [1.29, 1.82) is 5.26 Å². The van der Waals surface area contributed by atoms with Crippen LogP contribution in [0, 0.1) is 11.3 Å². The van der Waals surface area contributed by atoms with E-state index in [0.29, 0.717) is 0 Å². The Kier molecular flexibility index (Phi) is 25.8. The lowest BCUT2D eigenvalue weighted by Crippen LogP contribution is -1.57. The molecule has 0 aromatic carbocycles. The molecule has 2 heteroatoms. The van der Waals surface area contributed by atoms with E-state index in [0.717, 1.165) is 0 Å². The van der Waals surface area contributed by atoms with Crippen LogP contribution >= 0.6 is 0 Å². The highest BCUT2D eigenvalue weighted by molar-refractivity contribution is 4.93. The second kappa shape index (κ2) is 19.0. The molecular formula is C5H9NO. The molecule has 0 spiro atoms. The molecule has 7 heavy (non-hydrogen) atoms. The van der Waals surface area contributed by atoms with Crippen molar-refractivity contribution in [2.75, 3.05) is 6.61 Å². The summed E-state index contributed by atoms with van der Waals surface area (Å²) in [5.74, 6) is 0. The van der Waals surface area contributed by atoms with Crippen molar-refractivity contribution in [3.63, 3.8) is 0 Å². The van der Waals surface area contributed by atoms with E-state index in [1.807, 2.05) is 0 Å². The van der Waals surface area contributed by atoms with Crippen LogP contribution in [0.5, 0.6) is 0 Å². The Bertz CT molecular complexity index is 63.0. The molecule has 0 unspecified atom stereocenters. The molecule has 0 atom stereocenters. The third-order valence-electron chi connectivity index (χ3n) is 0.0913. The summed E-state index contributed by atoms with van der Waals surface area (Å²) >= 11 is 0. The number of hydrogen-bond acceptors (Lipinski definition) is 2. The smallest absolute Gasteiger partial charge is 0.0905 e. The van der Waals surface area contributed by atoms with Gasteiger partial charge in [-0.2, -0.15) is 5.26 Å². The molecule has 0 aromatic heterocycles. The summed E-state index contributed by atoms with van der Waals surface area (Å²) in [6.45, 7) is 5.05. The van der Waals surface area contributed by atoms with Crippen LogP contribution in [0.15, 0.2) is 12.7 Å². The SMILES string of the molecule is C=CC#N.CCO. The molecule has 1 N–H and O–H groups in total. The minimum Gasteiger partial charge on any atom is -0.397 e. The van der Waals surface area contributed by atoms with E-state index in [1.165, 1.54) is 6.08 Å². The van der Waals surface area contributed by atoms with Gasteiger partial charge in [-0.1, -0.05) is 6.58 Å². The highest BCUT2D eigenvalue weighted by atomic mass is 16.2. The Morgan fingerprint density at radius 1 is 2.00 bits per heavy atom. The highest BCUT2D eigenvalue weighted by Gasteiger charge is 1.34. The fraction of sp³-hybridized carbons (Fsp3) is 0.400. The van der Waals surface area contributed by atoms with Crippen molar-refractivity contribution in [3.05, 3.63) is 12.7 Å². The topological polar surface area (TPSA) is 44.0 Å². The normalized spacial score (nSPS) is 4.71. The fourth-order valence-corrected chi connectivity index (χ4v) is 0. The second-order valence-corrected chi connectivity index (χ2v) is 0.649. The average molecular weight is 99.1 g/mol. The molecule has 0 saturated heterocycles. The first-order chi connectivity index (χ1) is 3.33. The minimum absolute atomic E-state index is 0.250. The first-order valence-electron chi connectivity index (χ1n) is 1.94. The largest absolute Gasteiger partial charge is 0.397 e. The first kappa shape index (κ1) is 9.50. The van der Waals surface area contributed by atoms with Gasteiger partial charge in [0.25, 0.3) is 0 Å². The predicted octanol–water partition coefficient (Wildman–Crippen LogP) is 0.695. The molecule has 0 heterocycles. The Morgan fingerprint density at radius 3 is 2.14 bits per heavy atom. The molecule has 0 radical (unpaired) electrons. The number of hydrogen-bond donors (Lipinski definition) is 1. The third-order valence-corrected chi connectivity index (χ3v) is 0.0913. The Morgan fingerprint density at radius 2 is 2.14 bits per heavy atom. The fourth-order valence-electron chi connectivity index (χ4n) is 0. The lowest BCUT2D eigenvalue weighted by Gasteiger charge is -1.52. The number of allylic oxidation sites excluding steroid dienone is 1. The predicted molar refractivity (Wildman–Crippen MR) is 28.6 cm³/mol. The van der Waals surface area contributed by atoms with Crippen molar-refractivity contribution in [3.8, 4) is 6.07 Å². The maximum absolute atomic E-state index is 7.57. The van der Waals surface area contributed by atoms with Crippen LogP contribution in [0.3, 0.4) is 0 Å². The van der Waals surface area contributed by atoms with Crippen LogP contribution < -0.4 is 0 Å². The summed E-state index contributed by atoms with van der Waals surface area (Å²) in [5, 5.41) is 15.1. The number of aliphatic hydroxyl groups excluding tert-OH is 1. The summed E-state index contributed by atoms with van der Waals surface area (Å²) in [6.07, 6.45) is 1.18. The van der Waals surface area contributed by atoms with E-state index in [2.05, 4.69) is 6.58 Å². The van der Waals surface area contributed by atoms with Gasteiger partial charge in [0.2, 0.25) is 0 Å². The summed E-state index contributed by atoms with van der Waals surface area (Å²) in [6, 6.07) is 1.69. The summed E-state index contributed by atoms with van der Waals surface area (Å²) in [4.78, 5) is 0. The van der Waals surface area contributed by atoms with Crippen molar-refractivity contribution in [2.24, 2.45) is 0 Å². The minimum atomic E-state index is 0.250. The van der Waals surface area contributed by atoms with Crippen molar-refractivity contribution >= 4 is 0 Å². The van der Waals surface area contributed by atoms with E-state index < -0.39 is 0 Å². The van der Waals surface area contributed by atoms with Gasteiger partial charge in [-0.3, -0.25) is 0 Å². The molecule has 0 aliphatic rings. The average Bonchev–Trinajstić information content (AvgIpc) is 1.69. The van der Waals surface area contributed by atoms with E-state index >= 15 is 0 Å². The van der Waals surface area contributed by atoms with Gasteiger partial charge in [0.15, 0.2) is 0 Å². The van der Waals surface area contributed by atoms with Gasteiger partial charge in [-0.15, -0.1) is 0 Å². The lowest BCUT2D eigenvalue weighted by molar-refractivity contribution is 0.318. The van der Waals surface area contributed by atoms with Gasteiger partial charge in [-0.25, -0.2) is 0 Å². The number of nitrogens with zero attached hydrogens (tertiary/aromatic N) is 1. The van der Waals surface area contributed by atoms with E-state index in [4.69, 9.17) is 10.4 Å². The Balaban J connectivity index is 0. The van der Waals surface area contributed by atoms with Gasteiger partial charge in [0.1, 0.15) is 0 Å². The molecule has 40 valence electrons. The van der Waals surface area contributed by atoms with Crippen LogP contribution in [0.4, 0.5) is 0 Å². The maximum Gasteiger partial charge on any atom is 0.0905 e. The number of nitriles is 1. The molecule has 0 fully saturated rings. The van der Waals surface area contributed by atoms with Crippen molar-refractivity contribution < 1.29 is 5.11 Å². The second-order valence-electron chi connectivity index (χ2n) is 0.649. The van der Waals surface area contributed by atoms with Gasteiger partial charge in [-0.05, 0) is 6.92 Å². The van der Waals surface area contributed by atoms with Crippen molar-refractivity contribution in [1.82, 2.24) is 0 Å². The van der Waals surface area contributed by atoms with Crippen LogP contribution in [-0.2, 0) is 0 Å². The molecular weight excluding hydrogens is 90.1 g/mol. The van der Waals surface area contributed by atoms with Crippen LogP contribution in [0.1, 0.15) is 6.92 Å². The van der Waals surface area contributed by atoms with E-state index in [1.54, 1.807) is 13.0 Å². The highest BCUT2D eigenvalue weighted by Crippen LogP contribution is 1.41. The monoisotopic (exact) mass is 99.1 g/mol. The summed E-state index contributed by atoms with van der Waals surface area (Å²) in [7, 11) is 0. The molecule has 0 amide bonds. The lowest BCUT2D eigenvalue weighted by atomic mass is 10.8. The Labute approximate surface area is 43.7 Å². The Hall–Kier alpha value is -0.810. The van der Waals surface area contributed by atoms with E-state index in [-0.39, 0.29) is 6.61 Å². The number of aliphatic hydroxyl groups is 1. The summed E-state index contributed by atoms with van der Waals surface area (Å²) < 4.78 is 0. The van der Waals surface area contributed by atoms with Crippen LogP contribution in [0.2, 0.25) is 0 Å². The quantitative estimate of drug-likeness (QED) is 0.454. The molecule has 0 bridgehead atoms. The molecule has 0 aliphatic heterocycles. The van der Waals surface area contributed by atoms with Gasteiger partial charge >= 0.3 is 0 Å². The molecule has 0 saturated carbocycles. The van der Waals surface area contributed by atoms with Crippen LogP contribution in [-0.4, -0.2) is 11.7 Å². The standard InChI is InChI=1S/C3H3N.C2H6O/c1-2-3-4;1-2-3/h2H,1H2;3H,2H2,1H3. The maximum atomic E-state index is 7.57. The van der Waals surface area contributed by atoms with E-state index in [9.17, 15) is 0 Å². The van der Waals surface area contributed by atoms with Crippen molar-refractivity contribution in [2.45, 2.75) is 6.92 Å². The molecule has 0 rings (SSSR count). The van der Waals surface area contributed by atoms with Gasteiger partial charge in [0, 0.05) is 12.7 Å². The van der Waals surface area contributed by atoms with Crippen LogP contribution in [0.25, 0.3) is 0 Å². The molecule has 0 aromatic rings. The summed E-state index contributed by atoms with van der Waals surface area (Å²) in [5.41, 5.74) is 0. The third kappa shape index (κ3) is 1460. The first-order valence-corrected chi connectivity index (χ1v) is 1.94.